The van der Waals surface area contributed by atoms with Crippen LogP contribution in [0.5, 0.6) is 23.0 Å². The minimum Gasteiger partial charge on any atom is -0.508 e. The first-order valence-electron chi connectivity index (χ1n) is 5.98. The van der Waals surface area contributed by atoms with Crippen LogP contribution in [0.3, 0.4) is 0 Å². The van der Waals surface area contributed by atoms with Gasteiger partial charge in [-0.05, 0) is 37.3 Å². The van der Waals surface area contributed by atoms with E-state index in [-0.39, 0.29) is 17.2 Å². The first-order chi connectivity index (χ1) is 9.60. The standard InChI is InChI=1S/C14H13NO5/c1-2-19-14-9-12(7-8-13(14)15(17)18)20-11-5-3-10(16)4-6-11/h3-9,16H,2H2,1H3. The molecule has 20 heavy (non-hydrogen) atoms. The van der Waals surface area contributed by atoms with E-state index >= 15 is 0 Å². The van der Waals surface area contributed by atoms with Crippen LogP contribution in [-0.2, 0) is 0 Å². The number of nitrogens with zero attached hydrogens (tertiary/aromatic N) is 1. The highest BCUT2D eigenvalue weighted by Crippen LogP contribution is 2.33. The number of hydrogen-bond acceptors (Lipinski definition) is 5. The first-order valence-corrected chi connectivity index (χ1v) is 5.98. The van der Waals surface area contributed by atoms with Crippen LogP contribution >= 0.6 is 0 Å². The fraction of sp³-hybridized carbons (Fsp3) is 0.143. The van der Waals surface area contributed by atoms with E-state index in [1.54, 1.807) is 19.1 Å². The van der Waals surface area contributed by atoms with Gasteiger partial charge < -0.3 is 14.6 Å². The van der Waals surface area contributed by atoms with Crippen molar-refractivity contribution in [3.05, 3.63) is 52.6 Å². The molecule has 6 heteroatoms. The molecule has 104 valence electrons. The number of rotatable bonds is 5. The zero-order valence-corrected chi connectivity index (χ0v) is 10.8. The first kappa shape index (κ1) is 13.7. The number of ether oxygens (including phenoxy) is 2. The Bertz CT molecular complexity index is 609. The molecular weight excluding hydrogens is 262 g/mol. The van der Waals surface area contributed by atoms with Gasteiger partial charge in [0.05, 0.1) is 11.5 Å². The molecule has 0 aliphatic carbocycles. The predicted molar refractivity (Wildman–Crippen MR) is 72.4 cm³/mol. The number of phenols is 1. The van der Waals surface area contributed by atoms with Gasteiger partial charge in [0.1, 0.15) is 17.2 Å². The molecule has 2 rings (SSSR count). The third kappa shape index (κ3) is 3.17. The molecule has 6 nitrogen and oxygen atoms in total. The third-order valence-corrected chi connectivity index (χ3v) is 2.50. The van der Waals surface area contributed by atoms with Gasteiger partial charge >= 0.3 is 5.69 Å². The summed E-state index contributed by atoms with van der Waals surface area (Å²) in [6.45, 7) is 2.07. The Morgan fingerprint density at radius 1 is 1.15 bits per heavy atom. The monoisotopic (exact) mass is 275 g/mol. The lowest BCUT2D eigenvalue weighted by Gasteiger charge is -2.08. The summed E-state index contributed by atoms with van der Waals surface area (Å²) in [6.07, 6.45) is 0. The molecule has 2 aromatic carbocycles. The molecule has 0 spiro atoms. The highest BCUT2D eigenvalue weighted by atomic mass is 16.6. The van der Waals surface area contributed by atoms with Gasteiger partial charge in [0, 0.05) is 12.1 Å². The summed E-state index contributed by atoms with van der Waals surface area (Å²) in [5.74, 6) is 1.23. The molecule has 0 aliphatic rings. The lowest BCUT2D eigenvalue weighted by molar-refractivity contribution is -0.385. The summed E-state index contributed by atoms with van der Waals surface area (Å²) >= 11 is 0. The van der Waals surface area contributed by atoms with Crippen LogP contribution in [0.25, 0.3) is 0 Å². The topological polar surface area (TPSA) is 81.8 Å². The second-order valence-electron chi connectivity index (χ2n) is 3.92. The predicted octanol–water partition coefficient (Wildman–Crippen LogP) is 3.49. The summed E-state index contributed by atoms with van der Waals surface area (Å²) in [5, 5.41) is 20.0. The van der Waals surface area contributed by atoms with Crippen molar-refractivity contribution in [2.45, 2.75) is 6.92 Å². The molecule has 0 aliphatic heterocycles. The lowest BCUT2D eigenvalue weighted by Crippen LogP contribution is -1.97. The van der Waals surface area contributed by atoms with Crippen molar-refractivity contribution in [1.82, 2.24) is 0 Å². The Kier molecular flexibility index (Phi) is 4.05. The Hall–Kier alpha value is -2.76. The van der Waals surface area contributed by atoms with E-state index in [0.717, 1.165) is 0 Å². The molecule has 0 aromatic heterocycles. The van der Waals surface area contributed by atoms with E-state index in [4.69, 9.17) is 9.47 Å². The van der Waals surface area contributed by atoms with E-state index in [1.807, 2.05) is 0 Å². The number of benzene rings is 2. The van der Waals surface area contributed by atoms with Crippen LogP contribution in [0, 0.1) is 10.1 Å². The van der Waals surface area contributed by atoms with Gasteiger partial charge in [-0.2, -0.15) is 0 Å². The molecular formula is C14H13NO5. The van der Waals surface area contributed by atoms with Crippen molar-refractivity contribution in [1.29, 1.82) is 0 Å². The van der Waals surface area contributed by atoms with E-state index in [0.29, 0.717) is 18.1 Å². The summed E-state index contributed by atoms with van der Waals surface area (Å²) in [6, 6.07) is 10.5. The highest BCUT2D eigenvalue weighted by molar-refractivity contribution is 5.51. The summed E-state index contributed by atoms with van der Waals surface area (Å²) in [7, 11) is 0. The van der Waals surface area contributed by atoms with Crippen LogP contribution in [0.2, 0.25) is 0 Å². The third-order valence-electron chi connectivity index (χ3n) is 2.50. The summed E-state index contributed by atoms with van der Waals surface area (Å²) in [4.78, 5) is 10.4. The average molecular weight is 275 g/mol. The molecule has 0 unspecified atom stereocenters. The quantitative estimate of drug-likeness (QED) is 0.667. The SMILES string of the molecule is CCOc1cc(Oc2ccc(O)cc2)ccc1[N+](=O)[O-]. The number of nitro benzene ring substituents is 1. The van der Waals surface area contributed by atoms with Gasteiger partial charge in [-0.3, -0.25) is 10.1 Å². The molecule has 1 N–H and O–H groups in total. The molecule has 0 radical (unpaired) electrons. The maximum Gasteiger partial charge on any atom is 0.311 e. The van der Waals surface area contributed by atoms with E-state index in [1.165, 1.54) is 30.3 Å². The van der Waals surface area contributed by atoms with Crippen molar-refractivity contribution in [2.24, 2.45) is 0 Å². The number of nitro groups is 1. The largest absolute Gasteiger partial charge is 0.508 e. The van der Waals surface area contributed by atoms with E-state index in [2.05, 4.69) is 0 Å². The summed E-state index contributed by atoms with van der Waals surface area (Å²) in [5.41, 5.74) is -0.107. The fourth-order valence-electron chi connectivity index (χ4n) is 1.63. The zero-order valence-electron chi connectivity index (χ0n) is 10.8. The van der Waals surface area contributed by atoms with Crippen molar-refractivity contribution in [3.8, 4) is 23.0 Å². The van der Waals surface area contributed by atoms with Crippen LogP contribution in [0.4, 0.5) is 5.69 Å². The maximum absolute atomic E-state index is 10.9. The second-order valence-corrected chi connectivity index (χ2v) is 3.92. The Morgan fingerprint density at radius 2 is 1.80 bits per heavy atom. The number of aromatic hydroxyl groups is 1. The Balaban J connectivity index is 2.26. The molecule has 0 bridgehead atoms. The van der Waals surface area contributed by atoms with Crippen LogP contribution in [-0.4, -0.2) is 16.6 Å². The molecule has 0 saturated heterocycles. The summed E-state index contributed by atoms with van der Waals surface area (Å²) < 4.78 is 10.8. The average Bonchev–Trinajstić information content (AvgIpc) is 2.42. The molecule has 0 amide bonds. The minimum absolute atomic E-state index is 0.107. The Morgan fingerprint density at radius 3 is 2.40 bits per heavy atom. The van der Waals surface area contributed by atoms with Gasteiger partial charge in [0.2, 0.25) is 5.75 Å². The molecule has 0 saturated carbocycles. The maximum atomic E-state index is 10.9. The van der Waals surface area contributed by atoms with E-state index < -0.39 is 4.92 Å². The van der Waals surface area contributed by atoms with Crippen LogP contribution < -0.4 is 9.47 Å². The molecule has 0 fully saturated rings. The number of phenolic OH excluding ortho intramolecular Hbond substituents is 1. The van der Waals surface area contributed by atoms with Gasteiger partial charge in [-0.15, -0.1) is 0 Å². The zero-order chi connectivity index (χ0) is 14.5. The molecule has 2 aromatic rings. The van der Waals surface area contributed by atoms with E-state index in [9.17, 15) is 15.2 Å². The van der Waals surface area contributed by atoms with Crippen molar-refractivity contribution in [3.63, 3.8) is 0 Å². The highest BCUT2D eigenvalue weighted by Gasteiger charge is 2.16. The van der Waals surface area contributed by atoms with Gasteiger partial charge in [-0.25, -0.2) is 0 Å². The fourth-order valence-corrected chi connectivity index (χ4v) is 1.63. The lowest BCUT2D eigenvalue weighted by atomic mass is 10.2. The van der Waals surface area contributed by atoms with Crippen LogP contribution in [0.1, 0.15) is 6.92 Å². The van der Waals surface area contributed by atoms with Gasteiger partial charge in [0.15, 0.2) is 0 Å². The van der Waals surface area contributed by atoms with Crippen molar-refractivity contribution < 1.29 is 19.5 Å². The molecule has 0 heterocycles. The second kappa shape index (κ2) is 5.92. The number of hydrogen-bond donors (Lipinski definition) is 1. The Labute approximate surface area is 115 Å². The van der Waals surface area contributed by atoms with Gasteiger partial charge in [0.25, 0.3) is 0 Å². The molecule has 0 atom stereocenters. The smallest absolute Gasteiger partial charge is 0.311 e. The van der Waals surface area contributed by atoms with Crippen LogP contribution in [0.15, 0.2) is 42.5 Å². The van der Waals surface area contributed by atoms with Crippen molar-refractivity contribution in [2.75, 3.05) is 6.61 Å². The van der Waals surface area contributed by atoms with Gasteiger partial charge in [-0.1, -0.05) is 0 Å². The minimum atomic E-state index is -0.505. The normalized spacial score (nSPS) is 10.1. The van der Waals surface area contributed by atoms with Crippen molar-refractivity contribution >= 4 is 5.69 Å².